The first kappa shape index (κ1) is 24.8. The minimum Gasteiger partial charge on any atom is -0.507 e. The zero-order valence-corrected chi connectivity index (χ0v) is 22.1. The third kappa shape index (κ3) is 4.50. The number of phenolic OH excluding ortho intramolecular Hbond substituents is 1. The van der Waals surface area contributed by atoms with Crippen LogP contribution in [0.3, 0.4) is 0 Å². The van der Waals surface area contributed by atoms with Crippen LogP contribution in [0.25, 0.3) is 11.6 Å². The van der Waals surface area contributed by atoms with Crippen LogP contribution in [0.2, 0.25) is 0 Å². The first-order valence-corrected chi connectivity index (χ1v) is 14.0. The number of likely N-dealkylation sites (tertiary alicyclic amines) is 1. The predicted octanol–water partition coefficient (Wildman–Crippen LogP) is 5.71. The number of aromatic hydroxyl groups is 1. The van der Waals surface area contributed by atoms with E-state index < -0.39 is 0 Å². The molecule has 2 saturated heterocycles. The van der Waals surface area contributed by atoms with Crippen molar-refractivity contribution in [1.82, 2.24) is 9.88 Å². The standard InChI is InChI=1S/C31H30N2O4S/c1-19-15-23-29(31(36)33(30(23)35)17-22-8-6-14-38-22)24-18-37-27(28(19)24)12-11-20(25-9-4-5-13-32-25)16-21-7-2-3-10-26(21)34/h2-10,13-14,16,23-24,27,29,34H,11-12,15,17-18H2,1H3/b20-16-/t23-,24+,27-,29-/m1/s1. The van der Waals surface area contributed by atoms with Crippen molar-refractivity contribution in [2.24, 2.45) is 17.8 Å². The lowest BCUT2D eigenvalue weighted by atomic mass is 9.70. The molecule has 0 spiro atoms. The van der Waals surface area contributed by atoms with E-state index in [2.05, 4.69) is 11.9 Å². The number of thiophene rings is 1. The van der Waals surface area contributed by atoms with Gasteiger partial charge in [-0.25, -0.2) is 0 Å². The summed E-state index contributed by atoms with van der Waals surface area (Å²) in [4.78, 5) is 33.8. The SMILES string of the molecule is CC1=C2[C@@H](CC/C(=C/c3ccccc3O)c3ccccn3)OC[C@@H]2[C@@H]2C(=O)N(Cc3cccs3)C(=O)[C@@H]2C1. The molecule has 4 atom stereocenters. The highest BCUT2D eigenvalue weighted by Crippen LogP contribution is 2.50. The Bertz CT molecular complexity index is 1410. The van der Waals surface area contributed by atoms with E-state index in [0.717, 1.165) is 28.1 Å². The van der Waals surface area contributed by atoms with Crippen molar-refractivity contribution in [3.8, 4) is 5.75 Å². The number of nitrogens with zero attached hydrogens (tertiary/aromatic N) is 2. The van der Waals surface area contributed by atoms with Crippen LogP contribution in [0, 0.1) is 17.8 Å². The van der Waals surface area contributed by atoms with E-state index >= 15 is 0 Å². The van der Waals surface area contributed by atoms with Crippen molar-refractivity contribution >= 4 is 34.8 Å². The molecule has 194 valence electrons. The molecule has 7 heteroatoms. The maximum Gasteiger partial charge on any atom is 0.234 e. The number of fused-ring (bicyclic) bond motifs is 3. The summed E-state index contributed by atoms with van der Waals surface area (Å²) in [6.45, 7) is 2.92. The molecular formula is C31H30N2O4S. The number of carbonyl (C=O) groups excluding carboxylic acids is 2. The highest BCUT2D eigenvalue weighted by Gasteiger charge is 2.56. The molecule has 1 aromatic carbocycles. The van der Waals surface area contributed by atoms with Gasteiger partial charge >= 0.3 is 0 Å². The van der Waals surface area contributed by atoms with Crippen molar-refractivity contribution in [1.29, 1.82) is 0 Å². The second-order valence-electron chi connectivity index (χ2n) is 10.3. The van der Waals surface area contributed by atoms with Gasteiger partial charge in [0.25, 0.3) is 0 Å². The molecule has 0 saturated carbocycles. The molecule has 2 fully saturated rings. The van der Waals surface area contributed by atoms with Crippen LogP contribution in [0.15, 0.2) is 77.3 Å². The number of pyridine rings is 1. The van der Waals surface area contributed by atoms with Crippen LogP contribution in [0.1, 0.15) is 42.3 Å². The lowest BCUT2D eigenvalue weighted by Crippen LogP contribution is -2.34. The number of hydrogen-bond acceptors (Lipinski definition) is 6. The molecular weight excluding hydrogens is 496 g/mol. The number of allylic oxidation sites excluding steroid dienone is 2. The fourth-order valence-corrected chi connectivity index (χ4v) is 7.01. The number of hydrogen-bond donors (Lipinski definition) is 1. The van der Waals surface area contributed by atoms with E-state index in [1.54, 1.807) is 23.6 Å². The van der Waals surface area contributed by atoms with Crippen LogP contribution in [-0.2, 0) is 20.9 Å². The molecule has 1 aliphatic carbocycles. The molecule has 6 nitrogen and oxygen atoms in total. The molecule has 6 rings (SSSR count). The lowest BCUT2D eigenvalue weighted by molar-refractivity contribution is -0.140. The zero-order valence-electron chi connectivity index (χ0n) is 21.2. The number of para-hydroxylation sites is 1. The molecule has 3 aromatic rings. The topological polar surface area (TPSA) is 79.7 Å². The summed E-state index contributed by atoms with van der Waals surface area (Å²) >= 11 is 1.57. The molecule has 1 N–H and O–H groups in total. The van der Waals surface area contributed by atoms with Crippen LogP contribution in [-0.4, -0.2) is 39.5 Å². The largest absolute Gasteiger partial charge is 0.507 e. The van der Waals surface area contributed by atoms with Gasteiger partial charge < -0.3 is 9.84 Å². The second kappa shape index (κ2) is 10.3. The summed E-state index contributed by atoms with van der Waals surface area (Å²) in [5.41, 5.74) is 5.01. The summed E-state index contributed by atoms with van der Waals surface area (Å²) in [7, 11) is 0. The number of rotatable bonds is 7. The normalized spacial score (nSPS) is 25.2. The average molecular weight is 527 g/mol. The van der Waals surface area contributed by atoms with Crippen LogP contribution in [0.4, 0.5) is 0 Å². The Labute approximate surface area is 226 Å². The Morgan fingerprint density at radius 3 is 2.71 bits per heavy atom. The molecule has 4 heterocycles. The fraction of sp³-hybridized carbons (Fsp3) is 0.323. The molecule has 2 amide bonds. The van der Waals surface area contributed by atoms with Crippen LogP contribution < -0.4 is 0 Å². The average Bonchev–Trinajstić information content (AvgIpc) is 3.65. The summed E-state index contributed by atoms with van der Waals surface area (Å²) in [5, 5.41) is 12.3. The van der Waals surface area contributed by atoms with E-state index in [-0.39, 0.29) is 41.4 Å². The first-order valence-electron chi connectivity index (χ1n) is 13.1. The van der Waals surface area contributed by atoms with E-state index in [1.165, 1.54) is 16.0 Å². The number of aromatic nitrogens is 1. The Morgan fingerprint density at radius 2 is 1.95 bits per heavy atom. The second-order valence-corrected chi connectivity index (χ2v) is 11.4. The maximum atomic E-state index is 13.5. The molecule has 3 aliphatic rings. The van der Waals surface area contributed by atoms with E-state index in [1.807, 2.05) is 60.0 Å². The predicted molar refractivity (Wildman–Crippen MR) is 147 cm³/mol. The summed E-state index contributed by atoms with van der Waals surface area (Å²) < 4.78 is 6.33. The number of benzene rings is 1. The van der Waals surface area contributed by atoms with Crippen molar-refractivity contribution < 1.29 is 19.4 Å². The van der Waals surface area contributed by atoms with E-state index in [4.69, 9.17) is 4.74 Å². The molecule has 0 unspecified atom stereocenters. The zero-order chi connectivity index (χ0) is 26.2. The van der Waals surface area contributed by atoms with Crippen LogP contribution in [0.5, 0.6) is 5.75 Å². The third-order valence-electron chi connectivity index (χ3n) is 8.07. The highest BCUT2D eigenvalue weighted by molar-refractivity contribution is 7.09. The van der Waals surface area contributed by atoms with Gasteiger partial charge in [0.15, 0.2) is 0 Å². The Hall–Kier alpha value is -3.55. The summed E-state index contributed by atoms with van der Waals surface area (Å²) in [6, 6.07) is 17.0. The quantitative estimate of drug-likeness (QED) is 0.315. The van der Waals surface area contributed by atoms with Gasteiger partial charge in [-0.05, 0) is 73.1 Å². The molecule has 2 aromatic heterocycles. The number of carbonyl (C=O) groups is 2. The van der Waals surface area contributed by atoms with Gasteiger partial charge in [-0.3, -0.25) is 19.5 Å². The molecule has 2 aliphatic heterocycles. The number of ether oxygens (including phenoxy) is 1. The number of imide groups is 1. The number of amides is 2. The van der Waals surface area contributed by atoms with Gasteiger partial charge in [0.05, 0.1) is 36.8 Å². The minimum absolute atomic E-state index is 0.0432. The van der Waals surface area contributed by atoms with Gasteiger partial charge in [0, 0.05) is 22.6 Å². The summed E-state index contributed by atoms with van der Waals surface area (Å²) in [6.07, 6.45) is 5.70. The summed E-state index contributed by atoms with van der Waals surface area (Å²) in [5.74, 6) is -0.545. The Kier molecular flexibility index (Phi) is 6.72. The smallest absolute Gasteiger partial charge is 0.234 e. The van der Waals surface area contributed by atoms with Crippen molar-refractivity contribution in [3.63, 3.8) is 0 Å². The Morgan fingerprint density at radius 1 is 1.11 bits per heavy atom. The Balaban J connectivity index is 1.23. The van der Waals surface area contributed by atoms with Crippen LogP contribution >= 0.6 is 11.3 Å². The van der Waals surface area contributed by atoms with Gasteiger partial charge in [0.2, 0.25) is 11.8 Å². The lowest BCUT2D eigenvalue weighted by Gasteiger charge is -2.30. The van der Waals surface area contributed by atoms with Crippen molar-refractivity contribution in [3.05, 3.63) is 93.5 Å². The number of phenols is 1. The molecule has 38 heavy (non-hydrogen) atoms. The van der Waals surface area contributed by atoms with Gasteiger partial charge in [-0.2, -0.15) is 0 Å². The van der Waals surface area contributed by atoms with E-state index in [9.17, 15) is 14.7 Å². The van der Waals surface area contributed by atoms with Gasteiger partial charge in [-0.1, -0.05) is 35.9 Å². The fourth-order valence-electron chi connectivity index (χ4n) is 6.32. The third-order valence-corrected chi connectivity index (χ3v) is 8.94. The van der Waals surface area contributed by atoms with Crippen molar-refractivity contribution in [2.45, 2.75) is 38.8 Å². The van der Waals surface area contributed by atoms with E-state index in [0.29, 0.717) is 26.0 Å². The molecule has 0 radical (unpaired) electrons. The maximum absolute atomic E-state index is 13.5. The molecule has 0 bridgehead atoms. The van der Waals surface area contributed by atoms with Crippen molar-refractivity contribution in [2.75, 3.05) is 6.61 Å². The van der Waals surface area contributed by atoms with Gasteiger partial charge in [0.1, 0.15) is 5.75 Å². The first-order chi connectivity index (χ1) is 18.5. The highest BCUT2D eigenvalue weighted by atomic mass is 32.1. The minimum atomic E-state index is -0.335. The monoisotopic (exact) mass is 526 g/mol. The van der Waals surface area contributed by atoms with Gasteiger partial charge in [-0.15, -0.1) is 11.3 Å².